The molecular formula is C30H31N3O4. The van der Waals surface area contributed by atoms with Crippen molar-refractivity contribution < 1.29 is 18.7 Å². The van der Waals surface area contributed by atoms with Gasteiger partial charge in [0.05, 0.1) is 13.0 Å². The van der Waals surface area contributed by atoms with E-state index in [4.69, 9.17) is 9.15 Å². The van der Waals surface area contributed by atoms with E-state index in [-0.39, 0.29) is 17.8 Å². The third-order valence-electron chi connectivity index (χ3n) is 6.92. The second-order valence-corrected chi connectivity index (χ2v) is 9.52. The summed E-state index contributed by atoms with van der Waals surface area (Å²) in [6.07, 6.45) is 3.23. The fourth-order valence-electron chi connectivity index (χ4n) is 5.03. The summed E-state index contributed by atoms with van der Waals surface area (Å²) in [4.78, 5) is 29.7. The number of amides is 1. The smallest absolute Gasteiger partial charge is 0.306 e. The molecule has 0 spiro atoms. The van der Waals surface area contributed by atoms with E-state index in [2.05, 4.69) is 22.5 Å². The fraction of sp³-hybridized carbons (Fsp3) is 0.300. The summed E-state index contributed by atoms with van der Waals surface area (Å²) in [5.74, 6) is -0.320. The lowest BCUT2D eigenvalue weighted by atomic mass is 9.90. The van der Waals surface area contributed by atoms with E-state index in [0.29, 0.717) is 35.7 Å². The highest BCUT2D eigenvalue weighted by Gasteiger charge is 2.24. The van der Waals surface area contributed by atoms with Gasteiger partial charge in [0.1, 0.15) is 5.52 Å². The van der Waals surface area contributed by atoms with Crippen molar-refractivity contribution in [3.05, 3.63) is 82.4 Å². The zero-order valence-corrected chi connectivity index (χ0v) is 21.4. The Morgan fingerprint density at radius 2 is 1.86 bits per heavy atom. The Morgan fingerprint density at radius 3 is 2.68 bits per heavy atom. The van der Waals surface area contributed by atoms with Gasteiger partial charge in [0.2, 0.25) is 0 Å². The lowest BCUT2D eigenvalue weighted by Crippen LogP contribution is -2.14. The molecule has 1 unspecified atom stereocenters. The first-order valence-corrected chi connectivity index (χ1v) is 12.8. The molecule has 0 aliphatic heterocycles. The number of esters is 1. The van der Waals surface area contributed by atoms with E-state index in [1.165, 1.54) is 5.56 Å². The first-order valence-electron chi connectivity index (χ1n) is 12.8. The van der Waals surface area contributed by atoms with Gasteiger partial charge < -0.3 is 19.8 Å². The van der Waals surface area contributed by atoms with Crippen LogP contribution in [0, 0.1) is 6.92 Å². The van der Waals surface area contributed by atoms with Crippen LogP contribution in [0.1, 0.15) is 65.2 Å². The summed E-state index contributed by atoms with van der Waals surface area (Å²) in [7, 11) is 0. The lowest BCUT2D eigenvalue weighted by Gasteiger charge is -2.18. The number of hydrogen-bond acceptors (Lipinski definition) is 6. The summed E-state index contributed by atoms with van der Waals surface area (Å²) >= 11 is 0. The van der Waals surface area contributed by atoms with Crippen molar-refractivity contribution in [3.63, 3.8) is 0 Å². The maximum absolute atomic E-state index is 13.2. The average Bonchev–Trinajstić information content (AvgIpc) is 3.52. The number of aryl methyl sites for hydroxylation is 1. The van der Waals surface area contributed by atoms with E-state index in [9.17, 15) is 9.59 Å². The predicted molar refractivity (Wildman–Crippen MR) is 145 cm³/mol. The van der Waals surface area contributed by atoms with E-state index in [1.54, 1.807) is 18.2 Å². The topological polar surface area (TPSA) is 93.5 Å². The largest absolute Gasteiger partial charge is 0.466 e. The van der Waals surface area contributed by atoms with E-state index >= 15 is 0 Å². The van der Waals surface area contributed by atoms with E-state index < -0.39 is 0 Å². The number of hydrogen-bond donors (Lipinski definition) is 2. The molecule has 2 N–H and O–H groups in total. The normalized spacial score (nSPS) is 13.3. The van der Waals surface area contributed by atoms with Crippen molar-refractivity contribution in [1.82, 2.24) is 4.98 Å². The number of ether oxygens (including phenoxy) is 1. The molecule has 0 saturated carbocycles. The van der Waals surface area contributed by atoms with Crippen LogP contribution < -0.4 is 10.6 Å². The highest BCUT2D eigenvalue weighted by Crippen LogP contribution is 2.36. The fourth-order valence-corrected chi connectivity index (χ4v) is 5.03. The third-order valence-corrected chi connectivity index (χ3v) is 6.92. The molecule has 1 atom stereocenters. The van der Waals surface area contributed by atoms with Crippen LogP contribution in [0.25, 0.3) is 11.1 Å². The summed E-state index contributed by atoms with van der Waals surface area (Å²) in [6, 6.07) is 17.5. The van der Waals surface area contributed by atoms with Gasteiger partial charge in [-0.2, -0.15) is 4.98 Å². The number of anilines is 3. The Morgan fingerprint density at radius 1 is 1.05 bits per heavy atom. The van der Waals surface area contributed by atoms with Crippen LogP contribution >= 0.6 is 0 Å². The highest BCUT2D eigenvalue weighted by atomic mass is 16.5. The molecule has 1 aliphatic carbocycles. The quantitative estimate of drug-likeness (QED) is 0.264. The molecule has 37 heavy (non-hydrogen) atoms. The zero-order chi connectivity index (χ0) is 25.9. The van der Waals surface area contributed by atoms with Crippen molar-refractivity contribution in [3.8, 4) is 0 Å². The SMILES string of the molecule is CCOC(=O)CC(C)c1ccc(NC(=O)c2ccc3nc(Nc4ccccc4C)oc3c2)c2c1CCC2. The Bertz CT molecular complexity index is 1470. The van der Waals surface area contributed by atoms with Crippen LogP contribution in [0.5, 0.6) is 0 Å². The number of fused-ring (bicyclic) bond motifs is 2. The van der Waals surface area contributed by atoms with Crippen LogP contribution in [0.4, 0.5) is 17.4 Å². The predicted octanol–water partition coefficient (Wildman–Crippen LogP) is 6.68. The number of nitrogens with one attached hydrogen (secondary N) is 2. The van der Waals surface area contributed by atoms with Gasteiger partial charge in [-0.3, -0.25) is 9.59 Å². The zero-order valence-electron chi connectivity index (χ0n) is 21.4. The third kappa shape index (κ3) is 5.21. The Labute approximate surface area is 216 Å². The molecule has 0 bridgehead atoms. The van der Waals surface area contributed by atoms with E-state index in [0.717, 1.165) is 47.3 Å². The minimum atomic E-state index is -0.201. The van der Waals surface area contributed by atoms with Crippen molar-refractivity contribution in [1.29, 1.82) is 0 Å². The molecule has 0 radical (unpaired) electrons. The van der Waals surface area contributed by atoms with Crippen molar-refractivity contribution in [2.45, 2.75) is 52.4 Å². The molecular weight excluding hydrogens is 466 g/mol. The van der Waals surface area contributed by atoms with Crippen molar-refractivity contribution in [2.24, 2.45) is 0 Å². The molecule has 0 fully saturated rings. The monoisotopic (exact) mass is 497 g/mol. The minimum Gasteiger partial charge on any atom is -0.466 e. The van der Waals surface area contributed by atoms with Crippen LogP contribution in [0.3, 0.4) is 0 Å². The van der Waals surface area contributed by atoms with Gasteiger partial charge in [-0.15, -0.1) is 0 Å². The number of nitrogens with zero attached hydrogens (tertiary/aromatic N) is 1. The van der Waals surface area contributed by atoms with Gasteiger partial charge in [-0.25, -0.2) is 0 Å². The maximum atomic E-state index is 13.2. The number of rotatable bonds is 8. The van der Waals surface area contributed by atoms with Gasteiger partial charge >= 0.3 is 5.97 Å². The van der Waals surface area contributed by atoms with Crippen molar-refractivity contribution >= 4 is 40.4 Å². The Hall–Kier alpha value is -4.13. The first-order chi connectivity index (χ1) is 17.9. The Balaban J connectivity index is 1.34. The van der Waals surface area contributed by atoms with Crippen LogP contribution in [-0.2, 0) is 22.4 Å². The molecule has 1 aliphatic rings. The number of aromatic nitrogens is 1. The van der Waals surface area contributed by atoms with Gasteiger partial charge in [-0.05, 0) is 91.6 Å². The average molecular weight is 498 g/mol. The molecule has 0 saturated heterocycles. The first kappa shape index (κ1) is 24.6. The number of oxazole rings is 1. The molecule has 3 aromatic carbocycles. The molecule has 190 valence electrons. The van der Waals surface area contributed by atoms with Crippen molar-refractivity contribution in [2.75, 3.05) is 17.2 Å². The molecule has 5 rings (SSSR count). The second kappa shape index (κ2) is 10.5. The van der Waals surface area contributed by atoms with E-state index in [1.807, 2.05) is 50.2 Å². The maximum Gasteiger partial charge on any atom is 0.306 e. The standard InChI is InChI=1S/C30H31N3O4/c1-4-36-28(34)16-19(3)21-13-15-25(23-10-7-9-22(21)23)31-29(35)20-12-14-26-27(17-20)37-30(33-26)32-24-11-6-5-8-18(24)2/h5-6,8,11-15,17,19H,4,7,9-10,16H2,1-3H3,(H,31,35)(H,32,33). The van der Waals surface area contributed by atoms with Gasteiger partial charge in [0.15, 0.2) is 5.58 Å². The van der Waals surface area contributed by atoms with Crippen LogP contribution in [0.15, 0.2) is 59.0 Å². The highest BCUT2D eigenvalue weighted by molar-refractivity contribution is 6.06. The van der Waals surface area contributed by atoms with Crippen LogP contribution in [-0.4, -0.2) is 23.5 Å². The molecule has 1 aromatic heterocycles. The van der Waals surface area contributed by atoms with Gasteiger partial charge in [0.25, 0.3) is 11.9 Å². The summed E-state index contributed by atoms with van der Waals surface area (Å²) in [6.45, 7) is 6.27. The summed E-state index contributed by atoms with van der Waals surface area (Å²) < 4.78 is 11.0. The lowest BCUT2D eigenvalue weighted by molar-refractivity contribution is -0.143. The number of carbonyl (C=O) groups excluding carboxylic acids is 2. The number of benzene rings is 3. The number of para-hydroxylation sites is 1. The van der Waals surface area contributed by atoms with Gasteiger partial charge in [0, 0.05) is 16.9 Å². The summed E-state index contributed by atoms with van der Waals surface area (Å²) in [5, 5.41) is 6.30. The summed E-state index contributed by atoms with van der Waals surface area (Å²) in [5.41, 5.74) is 8.10. The molecule has 7 nitrogen and oxygen atoms in total. The van der Waals surface area contributed by atoms with Gasteiger partial charge in [-0.1, -0.05) is 31.2 Å². The molecule has 1 heterocycles. The Kier molecular flexibility index (Phi) is 6.95. The molecule has 7 heteroatoms. The second-order valence-electron chi connectivity index (χ2n) is 9.52. The van der Waals surface area contributed by atoms with Crippen LogP contribution in [0.2, 0.25) is 0 Å². The molecule has 1 amide bonds. The molecule has 4 aromatic rings. The number of carbonyl (C=O) groups is 2. The minimum absolute atomic E-state index is 0.0620.